The first-order chi connectivity index (χ1) is 15.5. The van der Waals surface area contributed by atoms with Crippen LogP contribution in [0, 0.1) is 26.2 Å². The zero-order chi connectivity index (χ0) is 24.1. The summed E-state index contributed by atoms with van der Waals surface area (Å²) in [5, 5.41) is 21.0. The quantitative estimate of drug-likeness (QED) is 0.284. The van der Waals surface area contributed by atoms with Gasteiger partial charge in [-0.3, -0.25) is 14.3 Å². The number of fused-ring (bicyclic) bond motifs is 1. The lowest BCUT2D eigenvalue weighted by Gasteiger charge is -2.60. The molecule has 3 aliphatic rings. The molecule has 0 saturated heterocycles. The molecular formula is C24H31IN2O6. The molecule has 0 amide bonds. The number of carbonyl (C=O) groups is 1. The van der Waals surface area contributed by atoms with Gasteiger partial charge in [0.2, 0.25) is 0 Å². The highest BCUT2D eigenvalue weighted by atomic mass is 127. The Labute approximate surface area is 205 Å². The molecule has 0 aromatic carbocycles. The predicted octanol–water partition coefficient (Wildman–Crippen LogP) is 2.30. The van der Waals surface area contributed by atoms with Crippen LogP contribution in [0.5, 0.6) is 0 Å². The fourth-order valence-corrected chi connectivity index (χ4v) is 7.02. The molecule has 0 radical (unpaired) electrons. The van der Waals surface area contributed by atoms with Crippen molar-refractivity contribution in [1.29, 1.82) is 0 Å². The van der Waals surface area contributed by atoms with Crippen molar-refractivity contribution in [2.45, 2.75) is 58.1 Å². The second-order valence-electron chi connectivity index (χ2n) is 10.2. The lowest BCUT2D eigenvalue weighted by Crippen LogP contribution is -2.57. The van der Waals surface area contributed by atoms with Crippen LogP contribution in [-0.2, 0) is 9.53 Å². The van der Waals surface area contributed by atoms with Crippen LogP contribution in [0.1, 0.15) is 52.0 Å². The van der Waals surface area contributed by atoms with Gasteiger partial charge in [-0.25, -0.2) is 9.59 Å². The second-order valence-corrected chi connectivity index (χ2v) is 11.3. The minimum atomic E-state index is -0.628. The van der Waals surface area contributed by atoms with E-state index in [9.17, 15) is 24.6 Å². The molecule has 0 bridgehead atoms. The number of aliphatic hydroxyl groups excluding tert-OH is 2. The number of hydrogen-bond donors (Lipinski definition) is 3. The van der Waals surface area contributed by atoms with Crippen LogP contribution in [0.2, 0.25) is 0 Å². The van der Waals surface area contributed by atoms with Gasteiger partial charge in [-0.05, 0) is 78.0 Å². The number of halogens is 1. The smallest absolute Gasteiger partial charge is 0.336 e. The van der Waals surface area contributed by atoms with Gasteiger partial charge in [-0.2, -0.15) is 0 Å². The van der Waals surface area contributed by atoms with Crippen molar-refractivity contribution in [3.05, 3.63) is 54.4 Å². The van der Waals surface area contributed by atoms with Crippen LogP contribution in [0.25, 0.3) is 0 Å². The average molecular weight is 570 g/mol. The second kappa shape index (κ2) is 8.81. The Bertz CT molecular complexity index is 1120. The third kappa shape index (κ3) is 3.95. The van der Waals surface area contributed by atoms with E-state index in [0.717, 1.165) is 24.8 Å². The third-order valence-electron chi connectivity index (χ3n) is 8.52. The van der Waals surface area contributed by atoms with Gasteiger partial charge in [0.1, 0.15) is 6.61 Å². The Balaban J connectivity index is 1.79. The van der Waals surface area contributed by atoms with E-state index in [1.807, 2.05) is 29.5 Å². The Morgan fingerprint density at radius 1 is 1.33 bits per heavy atom. The molecular weight excluding hydrogens is 539 g/mol. The van der Waals surface area contributed by atoms with Gasteiger partial charge in [0.05, 0.1) is 27.9 Å². The molecule has 33 heavy (non-hydrogen) atoms. The normalized spacial score (nSPS) is 35.1. The monoisotopic (exact) mass is 570 g/mol. The third-order valence-corrected chi connectivity index (χ3v) is 9.29. The van der Waals surface area contributed by atoms with E-state index in [2.05, 4.69) is 18.5 Å². The molecule has 1 aromatic heterocycles. The van der Waals surface area contributed by atoms with Gasteiger partial charge in [0, 0.05) is 11.6 Å². The van der Waals surface area contributed by atoms with Crippen molar-refractivity contribution < 1.29 is 19.7 Å². The molecule has 1 aliphatic heterocycles. The van der Waals surface area contributed by atoms with Crippen molar-refractivity contribution in [2.75, 3.05) is 13.2 Å². The topological polar surface area (TPSA) is 122 Å². The van der Waals surface area contributed by atoms with Gasteiger partial charge in [-0.1, -0.05) is 26.0 Å². The summed E-state index contributed by atoms with van der Waals surface area (Å²) in [5.74, 6) is -0.451. The van der Waals surface area contributed by atoms with Gasteiger partial charge in [0.15, 0.2) is 0 Å². The van der Waals surface area contributed by atoms with Crippen molar-refractivity contribution >= 4 is 28.6 Å². The number of H-pyrrole nitrogens is 1. The first-order valence-corrected chi connectivity index (χ1v) is 12.5. The van der Waals surface area contributed by atoms with Crippen LogP contribution < -0.4 is 11.2 Å². The fourth-order valence-electron chi connectivity index (χ4n) is 6.59. The number of esters is 1. The van der Waals surface area contributed by atoms with E-state index in [-0.39, 0.29) is 30.5 Å². The molecule has 2 fully saturated rings. The molecule has 4 rings (SSSR count). The van der Waals surface area contributed by atoms with Gasteiger partial charge in [0.25, 0.3) is 5.56 Å². The van der Waals surface area contributed by atoms with Gasteiger partial charge in [-0.15, -0.1) is 0 Å². The summed E-state index contributed by atoms with van der Waals surface area (Å²) in [7, 11) is 0. The van der Waals surface area contributed by atoms with E-state index in [4.69, 9.17) is 4.74 Å². The molecule has 8 nitrogen and oxygen atoms in total. The van der Waals surface area contributed by atoms with E-state index in [1.165, 1.54) is 10.8 Å². The molecule has 6 atom stereocenters. The SMILES string of the molecule is C=C1CCC2[C@](C)(CO)[C@H](O)CC[C@]2(C)[C@H]1CC(C1=CCOC1=O)n1cc(I)c(=O)[nH]c1=O. The number of aliphatic hydroxyl groups is 2. The number of nitrogens with one attached hydrogen (secondary N) is 1. The van der Waals surface area contributed by atoms with Crippen LogP contribution in [0.3, 0.4) is 0 Å². The summed E-state index contributed by atoms with van der Waals surface area (Å²) in [6.45, 7) is 8.55. The number of rotatable bonds is 5. The highest BCUT2D eigenvalue weighted by Gasteiger charge is 2.58. The number of cyclic esters (lactones) is 1. The molecule has 2 heterocycles. The van der Waals surface area contributed by atoms with Crippen LogP contribution in [-0.4, -0.2) is 45.1 Å². The van der Waals surface area contributed by atoms with Gasteiger partial charge < -0.3 is 14.9 Å². The van der Waals surface area contributed by atoms with Crippen LogP contribution in [0.15, 0.2) is 39.6 Å². The lowest BCUT2D eigenvalue weighted by atomic mass is 9.46. The molecule has 1 aromatic rings. The maximum absolute atomic E-state index is 12.8. The summed E-state index contributed by atoms with van der Waals surface area (Å²) in [6.07, 6.45) is 5.95. The predicted molar refractivity (Wildman–Crippen MR) is 131 cm³/mol. The zero-order valence-electron chi connectivity index (χ0n) is 19.0. The van der Waals surface area contributed by atoms with E-state index < -0.39 is 34.8 Å². The summed E-state index contributed by atoms with van der Waals surface area (Å²) in [6, 6.07) is -0.623. The highest BCUT2D eigenvalue weighted by molar-refractivity contribution is 14.1. The number of ether oxygens (including phenoxy) is 1. The Morgan fingerprint density at radius 3 is 2.70 bits per heavy atom. The van der Waals surface area contributed by atoms with Crippen LogP contribution in [0.4, 0.5) is 0 Å². The Morgan fingerprint density at radius 2 is 2.06 bits per heavy atom. The number of aromatic amines is 1. The van der Waals surface area contributed by atoms with Crippen molar-refractivity contribution in [3.8, 4) is 0 Å². The summed E-state index contributed by atoms with van der Waals surface area (Å²) >= 11 is 1.88. The molecule has 2 unspecified atom stereocenters. The minimum absolute atomic E-state index is 0.0505. The Kier molecular flexibility index (Phi) is 6.52. The Hall–Kier alpha value is -1.72. The number of allylic oxidation sites excluding steroid dienone is 1. The van der Waals surface area contributed by atoms with Crippen molar-refractivity contribution in [1.82, 2.24) is 9.55 Å². The van der Waals surface area contributed by atoms with Crippen molar-refractivity contribution in [3.63, 3.8) is 0 Å². The number of carbonyl (C=O) groups excluding carboxylic acids is 1. The zero-order valence-corrected chi connectivity index (χ0v) is 21.1. The molecule has 3 N–H and O–H groups in total. The van der Waals surface area contributed by atoms with E-state index in [1.54, 1.807) is 6.08 Å². The molecule has 2 saturated carbocycles. The van der Waals surface area contributed by atoms with Crippen LogP contribution >= 0.6 is 22.6 Å². The maximum atomic E-state index is 12.8. The van der Waals surface area contributed by atoms with E-state index >= 15 is 0 Å². The lowest BCUT2D eigenvalue weighted by molar-refractivity contribution is -0.153. The minimum Gasteiger partial charge on any atom is -0.458 e. The van der Waals surface area contributed by atoms with Gasteiger partial charge >= 0.3 is 11.7 Å². The summed E-state index contributed by atoms with van der Waals surface area (Å²) in [5.41, 5.74) is -0.487. The fraction of sp³-hybridized carbons (Fsp3) is 0.625. The molecule has 180 valence electrons. The first-order valence-electron chi connectivity index (χ1n) is 11.4. The highest BCUT2D eigenvalue weighted by Crippen LogP contribution is 2.62. The molecule has 2 aliphatic carbocycles. The van der Waals surface area contributed by atoms with Crippen molar-refractivity contribution in [2.24, 2.45) is 22.7 Å². The standard InChI is InChI=1S/C24H31IN2O6/c1-13-4-5-18-23(2,8-6-19(29)24(18,3)12-28)15(13)10-17(14-7-9-33-21(14)31)27-11-16(25)20(30)26-22(27)32/h7,11,15,17-19,28-29H,1,4-6,8-10,12H2,2-3H3,(H,26,30,32)/t15-,17?,18?,19+,23+,24-/m0/s1. The number of aromatic nitrogens is 2. The average Bonchev–Trinajstić information content (AvgIpc) is 3.19. The summed E-state index contributed by atoms with van der Waals surface area (Å²) < 4.78 is 6.94. The largest absolute Gasteiger partial charge is 0.458 e. The number of hydrogen-bond acceptors (Lipinski definition) is 6. The number of nitrogens with zero attached hydrogens (tertiary/aromatic N) is 1. The molecule has 9 heteroatoms. The first kappa shape index (κ1) is 24.4. The summed E-state index contributed by atoms with van der Waals surface area (Å²) in [4.78, 5) is 39.7. The molecule has 0 spiro atoms. The maximum Gasteiger partial charge on any atom is 0.336 e. The van der Waals surface area contributed by atoms with E-state index in [0.29, 0.717) is 22.0 Å².